The molecule has 2 N–H and O–H groups in total. The van der Waals surface area contributed by atoms with Gasteiger partial charge in [0, 0.05) is 18.5 Å². The first-order valence-corrected chi connectivity index (χ1v) is 7.42. The summed E-state index contributed by atoms with van der Waals surface area (Å²) < 4.78 is 13.6. The molecule has 4 heteroatoms. The minimum atomic E-state index is -0.366. The molecule has 0 saturated carbocycles. The Balaban J connectivity index is 1.58. The lowest BCUT2D eigenvalue weighted by molar-refractivity contribution is -0.117. The van der Waals surface area contributed by atoms with Gasteiger partial charge in [-0.15, -0.1) is 0 Å². The fraction of sp³-hybridized carbons (Fsp3) is 0.562. The van der Waals surface area contributed by atoms with Crippen LogP contribution in [-0.4, -0.2) is 18.0 Å². The Morgan fingerprint density at radius 1 is 1.35 bits per heavy atom. The van der Waals surface area contributed by atoms with Crippen LogP contribution >= 0.6 is 0 Å². The minimum Gasteiger partial charge on any atom is -0.324 e. The van der Waals surface area contributed by atoms with Gasteiger partial charge in [0.05, 0.1) is 5.69 Å². The van der Waals surface area contributed by atoms with Gasteiger partial charge >= 0.3 is 0 Å². The second kappa shape index (κ2) is 5.52. The van der Waals surface area contributed by atoms with Crippen molar-refractivity contribution in [2.45, 2.75) is 51.1 Å². The fourth-order valence-corrected chi connectivity index (χ4v) is 3.54. The summed E-state index contributed by atoms with van der Waals surface area (Å²) in [6.45, 7) is 1.89. The number of hydrogen-bond donors (Lipinski definition) is 2. The highest BCUT2D eigenvalue weighted by Gasteiger charge is 2.34. The third-order valence-corrected chi connectivity index (χ3v) is 4.44. The van der Waals surface area contributed by atoms with Crippen molar-refractivity contribution in [1.82, 2.24) is 5.32 Å². The lowest BCUT2D eigenvalue weighted by atomic mass is 9.89. The first-order valence-electron chi connectivity index (χ1n) is 7.42. The van der Waals surface area contributed by atoms with Gasteiger partial charge in [0.15, 0.2) is 0 Å². The first kappa shape index (κ1) is 13.6. The van der Waals surface area contributed by atoms with E-state index in [1.165, 1.54) is 18.9 Å². The maximum absolute atomic E-state index is 13.6. The van der Waals surface area contributed by atoms with Crippen molar-refractivity contribution in [2.24, 2.45) is 5.92 Å². The molecule has 3 nitrogen and oxygen atoms in total. The van der Waals surface area contributed by atoms with Crippen LogP contribution in [-0.2, 0) is 4.79 Å². The van der Waals surface area contributed by atoms with E-state index in [0.717, 1.165) is 18.4 Å². The number of hydrogen-bond acceptors (Lipinski definition) is 2. The van der Waals surface area contributed by atoms with Gasteiger partial charge in [-0.05, 0) is 56.2 Å². The molecular formula is C16H21FN2O. The van der Waals surface area contributed by atoms with E-state index in [1.54, 1.807) is 12.1 Å². The average Bonchev–Trinajstić information content (AvgIpc) is 2.73. The van der Waals surface area contributed by atoms with Crippen molar-refractivity contribution in [3.63, 3.8) is 0 Å². The summed E-state index contributed by atoms with van der Waals surface area (Å²) in [6, 6.07) is 5.95. The molecule has 0 aromatic heterocycles. The third kappa shape index (κ3) is 3.01. The van der Waals surface area contributed by atoms with E-state index in [-0.39, 0.29) is 11.7 Å². The number of carbonyl (C=O) groups excluding carboxylic acids is 1. The number of benzene rings is 1. The maximum atomic E-state index is 13.6. The van der Waals surface area contributed by atoms with E-state index in [4.69, 9.17) is 0 Å². The van der Waals surface area contributed by atoms with Gasteiger partial charge in [-0.25, -0.2) is 4.39 Å². The average molecular weight is 276 g/mol. The zero-order chi connectivity index (χ0) is 14.1. The van der Waals surface area contributed by atoms with Crippen LogP contribution in [0.3, 0.4) is 0 Å². The smallest absolute Gasteiger partial charge is 0.224 e. The van der Waals surface area contributed by atoms with Crippen molar-refractivity contribution in [3.05, 3.63) is 29.6 Å². The molecule has 2 saturated heterocycles. The fourth-order valence-electron chi connectivity index (χ4n) is 3.54. The van der Waals surface area contributed by atoms with Crippen LogP contribution in [0.4, 0.5) is 10.1 Å². The lowest BCUT2D eigenvalue weighted by Crippen LogP contribution is -2.39. The van der Waals surface area contributed by atoms with E-state index >= 15 is 0 Å². The summed E-state index contributed by atoms with van der Waals surface area (Å²) in [5.41, 5.74) is 1.24. The van der Waals surface area contributed by atoms with E-state index in [9.17, 15) is 9.18 Å². The van der Waals surface area contributed by atoms with E-state index < -0.39 is 0 Å². The summed E-state index contributed by atoms with van der Waals surface area (Å²) in [6.07, 6.45) is 5.10. The number of halogens is 1. The highest BCUT2D eigenvalue weighted by molar-refractivity contribution is 5.91. The number of nitrogens with one attached hydrogen (secondary N) is 2. The van der Waals surface area contributed by atoms with Gasteiger partial charge in [-0.1, -0.05) is 6.07 Å². The predicted octanol–water partition coefficient (Wildman–Crippen LogP) is 2.99. The van der Waals surface area contributed by atoms with E-state index in [2.05, 4.69) is 10.6 Å². The zero-order valence-corrected chi connectivity index (χ0v) is 11.8. The Morgan fingerprint density at radius 3 is 2.75 bits per heavy atom. The first-order chi connectivity index (χ1) is 9.60. The van der Waals surface area contributed by atoms with Gasteiger partial charge in [0.2, 0.25) is 5.91 Å². The summed E-state index contributed by atoms with van der Waals surface area (Å²) >= 11 is 0. The number of aryl methyl sites for hydroxylation is 1. The topological polar surface area (TPSA) is 41.1 Å². The molecule has 0 aliphatic carbocycles. The van der Waals surface area contributed by atoms with Gasteiger partial charge in [-0.3, -0.25) is 4.79 Å². The molecule has 0 radical (unpaired) electrons. The molecule has 2 atom stereocenters. The number of rotatable bonds is 3. The van der Waals surface area contributed by atoms with Gasteiger partial charge < -0.3 is 10.6 Å². The number of fused-ring (bicyclic) bond motifs is 2. The molecule has 0 spiro atoms. The highest BCUT2D eigenvalue weighted by atomic mass is 19.1. The second-order valence-electron chi connectivity index (χ2n) is 6.21. The molecule has 2 aliphatic heterocycles. The molecule has 1 aromatic carbocycles. The largest absolute Gasteiger partial charge is 0.324 e. The van der Waals surface area contributed by atoms with Crippen molar-refractivity contribution < 1.29 is 9.18 Å². The summed E-state index contributed by atoms with van der Waals surface area (Å²) in [4.78, 5) is 12.1. The molecule has 3 rings (SSSR count). The zero-order valence-electron chi connectivity index (χ0n) is 11.8. The Labute approximate surface area is 118 Å². The van der Waals surface area contributed by atoms with Gasteiger partial charge in [0.25, 0.3) is 0 Å². The summed E-state index contributed by atoms with van der Waals surface area (Å²) in [5.74, 6) is -0.00301. The quantitative estimate of drug-likeness (QED) is 0.891. The minimum absolute atomic E-state index is 0.0687. The third-order valence-electron chi connectivity index (χ3n) is 4.44. The molecule has 2 unspecified atom stereocenters. The van der Waals surface area contributed by atoms with Crippen LogP contribution in [0.5, 0.6) is 0 Å². The number of anilines is 1. The van der Waals surface area contributed by atoms with Crippen LogP contribution < -0.4 is 10.6 Å². The van der Waals surface area contributed by atoms with Gasteiger partial charge in [0.1, 0.15) is 5.82 Å². The summed E-state index contributed by atoms with van der Waals surface area (Å²) in [5, 5.41) is 6.28. The molecule has 2 aliphatic rings. The highest BCUT2D eigenvalue weighted by Crippen LogP contribution is 2.32. The van der Waals surface area contributed by atoms with Crippen LogP contribution in [0.1, 0.15) is 37.7 Å². The number of piperidine rings is 1. The van der Waals surface area contributed by atoms with Crippen molar-refractivity contribution >= 4 is 11.6 Å². The molecule has 2 fully saturated rings. The molecule has 1 amide bonds. The van der Waals surface area contributed by atoms with Crippen LogP contribution in [0.2, 0.25) is 0 Å². The SMILES string of the molecule is Cc1ccc(F)c(NC(=O)CC2CC3CCC(C2)N3)c1. The molecule has 1 aromatic rings. The number of carbonyl (C=O) groups is 1. The Morgan fingerprint density at radius 2 is 2.05 bits per heavy atom. The van der Waals surface area contributed by atoms with Crippen LogP contribution in [0, 0.1) is 18.7 Å². The normalized spacial score (nSPS) is 28.4. The van der Waals surface area contributed by atoms with E-state index in [0.29, 0.717) is 30.1 Å². The van der Waals surface area contributed by atoms with Crippen LogP contribution in [0.25, 0.3) is 0 Å². The second-order valence-corrected chi connectivity index (χ2v) is 6.21. The lowest BCUT2D eigenvalue weighted by Gasteiger charge is -2.28. The molecule has 2 bridgehead atoms. The van der Waals surface area contributed by atoms with Crippen molar-refractivity contribution in [1.29, 1.82) is 0 Å². The van der Waals surface area contributed by atoms with Crippen molar-refractivity contribution in [3.8, 4) is 0 Å². The van der Waals surface area contributed by atoms with Gasteiger partial charge in [-0.2, -0.15) is 0 Å². The Kier molecular flexibility index (Phi) is 3.74. The van der Waals surface area contributed by atoms with E-state index in [1.807, 2.05) is 6.92 Å². The molecular weight excluding hydrogens is 255 g/mol. The monoisotopic (exact) mass is 276 g/mol. The molecule has 108 valence electrons. The molecule has 20 heavy (non-hydrogen) atoms. The molecule has 2 heterocycles. The van der Waals surface area contributed by atoms with Crippen molar-refractivity contribution in [2.75, 3.05) is 5.32 Å². The Bertz CT molecular complexity index is 505. The number of amides is 1. The van der Waals surface area contributed by atoms with Crippen LogP contribution in [0.15, 0.2) is 18.2 Å². The maximum Gasteiger partial charge on any atom is 0.224 e. The standard InChI is InChI=1S/C16H21FN2O/c1-10-2-5-14(17)15(6-10)19-16(20)9-11-7-12-3-4-13(8-11)18-12/h2,5-6,11-13,18H,3-4,7-9H2,1H3,(H,19,20). The Hall–Kier alpha value is -1.42. The predicted molar refractivity (Wildman–Crippen MR) is 77.1 cm³/mol. The summed E-state index contributed by atoms with van der Waals surface area (Å²) in [7, 11) is 0.